The quantitative estimate of drug-likeness (QED) is 0.832. The molecule has 0 aromatic rings. The van der Waals surface area contributed by atoms with E-state index >= 15 is 0 Å². The minimum atomic E-state index is 0.280. The Kier molecular flexibility index (Phi) is 4.35. The predicted molar refractivity (Wildman–Crippen MR) is 77.6 cm³/mol. The Morgan fingerprint density at radius 2 is 1.94 bits per heavy atom. The largest absolute Gasteiger partial charge is 0.329 e. The summed E-state index contributed by atoms with van der Waals surface area (Å²) < 4.78 is 0. The summed E-state index contributed by atoms with van der Waals surface area (Å²) in [7, 11) is 4.41. The van der Waals surface area contributed by atoms with Crippen LogP contribution in [0.15, 0.2) is 0 Å². The molecule has 106 valence electrons. The van der Waals surface area contributed by atoms with Gasteiger partial charge in [0.05, 0.1) is 0 Å². The summed E-state index contributed by atoms with van der Waals surface area (Å²) in [6.45, 7) is 8.09. The van der Waals surface area contributed by atoms with E-state index in [1.54, 1.807) is 0 Å². The van der Waals surface area contributed by atoms with Gasteiger partial charge in [-0.25, -0.2) is 0 Å². The lowest BCUT2D eigenvalue weighted by Gasteiger charge is -2.50. The van der Waals surface area contributed by atoms with Crippen molar-refractivity contribution in [1.29, 1.82) is 0 Å². The van der Waals surface area contributed by atoms with E-state index in [1.165, 1.54) is 38.8 Å². The molecule has 0 radical (unpaired) electrons. The van der Waals surface area contributed by atoms with Crippen molar-refractivity contribution >= 4 is 0 Å². The van der Waals surface area contributed by atoms with Crippen molar-refractivity contribution in [3.05, 3.63) is 0 Å². The van der Waals surface area contributed by atoms with Crippen molar-refractivity contribution in [2.45, 2.75) is 51.1 Å². The van der Waals surface area contributed by atoms with Crippen molar-refractivity contribution in [3.8, 4) is 0 Å². The molecule has 3 nitrogen and oxygen atoms in total. The second-order valence-corrected chi connectivity index (χ2v) is 6.95. The Morgan fingerprint density at radius 3 is 2.50 bits per heavy atom. The Labute approximate surface area is 113 Å². The van der Waals surface area contributed by atoms with Gasteiger partial charge >= 0.3 is 0 Å². The molecule has 0 aromatic heterocycles. The maximum atomic E-state index is 6.24. The summed E-state index contributed by atoms with van der Waals surface area (Å²) in [6, 6.07) is 0.720. The molecule has 4 atom stereocenters. The van der Waals surface area contributed by atoms with E-state index in [2.05, 4.69) is 37.7 Å². The van der Waals surface area contributed by atoms with E-state index in [1.807, 2.05) is 0 Å². The highest BCUT2D eigenvalue weighted by Gasteiger charge is 2.46. The molecule has 18 heavy (non-hydrogen) atoms. The number of likely N-dealkylation sites (N-methyl/N-ethyl adjacent to an activating group) is 1. The van der Waals surface area contributed by atoms with Gasteiger partial charge in [0.15, 0.2) is 0 Å². The Balaban J connectivity index is 2.12. The minimum absolute atomic E-state index is 0.280. The zero-order valence-electron chi connectivity index (χ0n) is 12.7. The minimum Gasteiger partial charge on any atom is -0.329 e. The van der Waals surface area contributed by atoms with E-state index in [0.29, 0.717) is 0 Å². The molecule has 0 spiro atoms. The van der Waals surface area contributed by atoms with Crippen LogP contribution in [0.25, 0.3) is 0 Å². The number of nitrogens with two attached hydrogens (primary N) is 1. The van der Waals surface area contributed by atoms with Crippen LogP contribution in [0.5, 0.6) is 0 Å². The van der Waals surface area contributed by atoms with E-state index in [9.17, 15) is 0 Å². The molecule has 2 fully saturated rings. The zero-order chi connectivity index (χ0) is 13.3. The standard InChI is InChI=1S/C15H31N3/c1-12-5-6-13(2)15(9-12,11-16)18-8-7-14(10-18)17(3)4/h12-14H,5-11,16H2,1-4H3. The average molecular weight is 253 g/mol. The Hall–Kier alpha value is -0.120. The lowest BCUT2D eigenvalue weighted by Crippen LogP contribution is -2.60. The number of hydrogen-bond donors (Lipinski definition) is 1. The number of rotatable bonds is 3. The molecule has 2 rings (SSSR count). The van der Waals surface area contributed by atoms with Gasteiger partial charge in [-0.2, -0.15) is 0 Å². The van der Waals surface area contributed by atoms with Crippen LogP contribution in [-0.4, -0.2) is 55.1 Å². The summed E-state index contributed by atoms with van der Waals surface area (Å²) in [5, 5.41) is 0. The third kappa shape index (κ3) is 2.45. The van der Waals surface area contributed by atoms with Crippen LogP contribution in [0, 0.1) is 11.8 Å². The molecule has 4 unspecified atom stereocenters. The van der Waals surface area contributed by atoms with Gasteiger partial charge < -0.3 is 10.6 Å². The van der Waals surface area contributed by atoms with Crippen molar-refractivity contribution in [3.63, 3.8) is 0 Å². The van der Waals surface area contributed by atoms with Gasteiger partial charge in [0.2, 0.25) is 0 Å². The summed E-state index contributed by atoms with van der Waals surface area (Å²) >= 11 is 0. The molecular weight excluding hydrogens is 222 g/mol. The van der Waals surface area contributed by atoms with Gasteiger partial charge in [-0.1, -0.05) is 20.3 Å². The second-order valence-electron chi connectivity index (χ2n) is 6.95. The van der Waals surface area contributed by atoms with E-state index in [-0.39, 0.29) is 5.54 Å². The highest BCUT2D eigenvalue weighted by Crippen LogP contribution is 2.42. The topological polar surface area (TPSA) is 32.5 Å². The third-order valence-corrected chi connectivity index (χ3v) is 5.59. The molecule has 2 aliphatic rings. The van der Waals surface area contributed by atoms with Crippen LogP contribution < -0.4 is 5.73 Å². The number of likely N-dealkylation sites (tertiary alicyclic amines) is 1. The van der Waals surface area contributed by atoms with Crippen LogP contribution >= 0.6 is 0 Å². The smallest absolute Gasteiger partial charge is 0.0360 e. The molecule has 0 aromatic carbocycles. The molecule has 1 saturated carbocycles. The van der Waals surface area contributed by atoms with Crippen molar-refractivity contribution < 1.29 is 0 Å². The molecule has 3 heteroatoms. The van der Waals surface area contributed by atoms with Gasteiger partial charge in [0, 0.05) is 31.2 Å². The van der Waals surface area contributed by atoms with Crippen molar-refractivity contribution in [2.75, 3.05) is 33.7 Å². The molecule has 0 bridgehead atoms. The summed E-state index contributed by atoms with van der Waals surface area (Å²) in [6.07, 6.45) is 5.33. The maximum absolute atomic E-state index is 6.24. The van der Waals surface area contributed by atoms with Gasteiger partial charge in [-0.3, -0.25) is 4.90 Å². The third-order valence-electron chi connectivity index (χ3n) is 5.59. The van der Waals surface area contributed by atoms with Crippen LogP contribution in [0.4, 0.5) is 0 Å². The van der Waals surface area contributed by atoms with E-state index in [0.717, 1.165) is 24.4 Å². The first-order chi connectivity index (χ1) is 8.49. The lowest BCUT2D eigenvalue weighted by molar-refractivity contribution is 0.00895. The fourth-order valence-electron chi connectivity index (χ4n) is 4.13. The normalized spacial score (nSPS) is 42.7. The molecule has 1 saturated heterocycles. The fraction of sp³-hybridized carbons (Fsp3) is 1.00. The Bertz CT molecular complexity index is 279. The average Bonchev–Trinajstić information content (AvgIpc) is 2.82. The maximum Gasteiger partial charge on any atom is 0.0360 e. The summed E-state index contributed by atoms with van der Waals surface area (Å²) in [4.78, 5) is 5.10. The SMILES string of the molecule is CC1CCC(C)C(CN)(N2CCC(N(C)C)C2)C1. The monoisotopic (exact) mass is 253 g/mol. The highest BCUT2D eigenvalue weighted by atomic mass is 15.3. The van der Waals surface area contributed by atoms with Crippen LogP contribution in [0.3, 0.4) is 0 Å². The molecule has 0 amide bonds. The van der Waals surface area contributed by atoms with Crippen LogP contribution in [0.1, 0.15) is 39.5 Å². The van der Waals surface area contributed by atoms with Crippen molar-refractivity contribution in [1.82, 2.24) is 9.80 Å². The lowest BCUT2D eigenvalue weighted by atomic mass is 9.68. The molecule has 1 aliphatic carbocycles. The van der Waals surface area contributed by atoms with Gasteiger partial charge in [-0.15, -0.1) is 0 Å². The fourth-order valence-corrected chi connectivity index (χ4v) is 4.13. The first-order valence-electron chi connectivity index (χ1n) is 7.61. The molecule has 2 N–H and O–H groups in total. The number of nitrogens with zero attached hydrogens (tertiary/aromatic N) is 2. The molecular formula is C15H31N3. The van der Waals surface area contributed by atoms with Crippen molar-refractivity contribution in [2.24, 2.45) is 17.6 Å². The van der Waals surface area contributed by atoms with Crippen LogP contribution in [-0.2, 0) is 0 Å². The van der Waals surface area contributed by atoms with Gasteiger partial charge in [-0.05, 0) is 45.2 Å². The molecule has 1 heterocycles. The Morgan fingerprint density at radius 1 is 1.22 bits per heavy atom. The van der Waals surface area contributed by atoms with E-state index in [4.69, 9.17) is 5.73 Å². The molecule has 1 aliphatic heterocycles. The van der Waals surface area contributed by atoms with Gasteiger partial charge in [0.1, 0.15) is 0 Å². The first kappa shape index (κ1) is 14.3. The van der Waals surface area contributed by atoms with Crippen LogP contribution in [0.2, 0.25) is 0 Å². The first-order valence-corrected chi connectivity index (χ1v) is 7.61. The van der Waals surface area contributed by atoms with Gasteiger partial charge in [0.25, 0.3) is 0 Å². The zero-order valence-corrected chi connectivity index (χ0v) is 12.7. The predicted octanol–water partition coefficient (Wildman–Crippen LogP) is 1.78. The number of hydrogen-bond acceptors (Lipinski definition) is 3. The summed E-state index contributed by atoms with van der Waals surface area (Å²) in [5.41, 5.74) is 6.52. The summed E-state index contributed by atoms with van der Waals surface area (Å²) in [5.74, 6) is 1.59. The highest BCUT2D eigenvalue weighted by molar-refractivity contribution is 5.03. The van der Waals surface area contributed by atoms with E-state index < -0.39 is 0 Å². The second kappa shape index (κ2) is 5.48.